The Bertz CT molecular complexity index is 496. The maximum absolute atomic E-state index is 12.5. The number of amides is 1. The number of carboxylic acid groups (broad SMARTS) is 1. The number of carbonyl (C=O) groups is 2. The molecule has 1 aliphatic rings. The fraction of sp³-hybridized carbons (Fsp3) is 0.529. The summed E-state index contributed by atoms with van der Waals surface area (Å²) < 4.78 is 0. The highest BCUT2D eigenvalue weighted by Gasteiger charge is 2.41. The number of rotatable bonds is 5. The van der Waals surface area contributed by atoms with Crippen LogP contribution in [0.2, 0.25) is 0 Å². The van der Waals surface area contributed by atoms with E-state index in [-0.39, 0.29) is 17.7 Å². The molecule has 1 N–H and O–H groups in total. The Kier molecular flexibility index (Phi) is 4.99. The molecule has 1 amide bonds. The van der Waals surface area contributed by atoms with Crippen LogP contribution in [0.5, 0.6) is 0 Å². The molecule has 0 saturated carbocycles. The van der Waals surface area contributed by atoms with Crippen molar-refractivity contribution in [3.63, 3.8) is 0 Å². The molecule has 1 heterocycles. The van der Waals surface area contributed by atoms with Crippen molar-refractivity contribution in [2.45, 2.75) is 32.6 Å². The van der Waals surface area contributed by atoms with Gasteiger partial charge in [0.05, 0.1) is 5.92 Å². The topological polar surface area (TPSA) is 57.6 Å². The van der Waals surface area contributed by atoms with Gasteiger partial charge in [-0.3, -0.25) is 9.59 Å². The van der Waals surface area contributed by atoms with E-state index in [1.807, 2.05) is 44.2 Å². The molecule has 2 atom stereocenters. The number of benzene rings is 1. The molecule has 0 radical (unpaired) electrons. The SMILES string of the molecule is CCC(CC)C(=O)N1CC(C(=O)O)C(c2ccccc2)C1. The first-order chi connectivity index (χ1) is 10.1. The van der Waals surface area contributed by atoms with Gasteiger partial charge in [0.25, 0.3) is 0 Å². The lowest BCUT2D eigenvalue weighted by atomic mass is 9.89. The van der Waals surface area contributed by atoms with Gasteiger partial charge < -0.3 is 10.0 Å². The summed E-state index contributed by atoms with van der Waals surface area (Å²) in [7, 11) is 0. The molecule has 1 fully saturated rings. The number of carbonyl (C=O) groups excluding carboxylic acids is 1. The monoisotopic (exact) mass is 289 g/mol. The van der Waals surface area contributed by atoms with E-state index in [4.69, 9.17) is 0 Å². The molecule has 0 aliphatic carbocycles. The van der Waals surface area contributed by atoms with Gasteiger partial charge in [0.2, 0.25) is 5.91 Å². The van der Waals surface area contributed by atoms with Crippen LogP contribution in [0, 0.1) is 11.8 Å². The highest BCUT2D eigenvalue weighted by Crippen LogP contribution is 2.34. The Morgan fingerprint density at radius 1 is 1.19 bits per heavy atom. The molecule has 4 heteroatoms. The zero-order chi connectivity index (χ0) is 15.4. The Balaban J connectivity index is 2.19. The lowest BCUT2D eigenvalue weighted by Crippen LogP contribution is -2.34. The number of likely N-dealkylation sites (tertiary alicyclic amines) is 1. The fourth-order valence-corrected chi connectivity index (χ4v) is 3.17. The average Bonchev–Trinajstić information content (AvgIpc) is 2.94. The first kappa shape index (κ1) is 15.5. The van der Waals surface area contributed by atoms with Gasteiger partial charge in [0, 0.05) is 24.9 Å². The van der Waals surface area contributed by atoms with E-state index in [1.165, 1.54) is 0 Å². The third-order valence-electron chi connectivity index (χ3n) is 4.51. The standard InChI is InChI=1S/C17H23NO3/c1-3-12(4-2)16(19)18-10-14(15(11-18)17(20)21)13-8-6-5-7-9-13/h5-9,12,14-15H,3-4,10-11H2,1-2H3,(H,20,21). The predicted molar refractivity (Wildman–Crippen MR) is 81.0 cm³/mol. The van der Waals surface area contributed by atoms with Gasteiger partial charge in [0.15, 0.2) is 0 Å². The minimum absolute atomic E-state index is 0.00830. The molecule has 0 bridgehead atoms. The van der Waals surface area contributed by atoms with Crippen LogP contribution < -0.4 is 0 Å². The first-order valence-electron chi connectivity index (χ1n) is 7.65. The summed E-state index contributed by atoms with van der Waals surface area (Å²) in [5, 5.41) is 9.46. The van der Waals surface area contributed by atoms with Crippen LogP contribution in [0.15, 0.2) is 30.3 Å². The minimum Gasteiger partial charge on any atom is -0.481 e. The van der Waals surface area contributed by atoms with Crippen LogP contribution >= 0.6 is 0 Å². The summed E-state index contributed by atoms with van der Waals surface area (Å²) in [6.07, 6.45) is 1.61. The summed E-state index contributed by atoms with van der Waals surface area (Å²) in [6, 6.07) is 9.65. The third kappa shape index (κ3) is 3.26. The molecular weight excluding hydrogens is 266 g/mol. The summed E-state index contributed by atoms with van der Waals surface area (Å²) in [6.45, 7) is 4.84. The zero-order valence-electron chi connectivity index (χ0n) is 12.7. The van der Waals surface area contributed by atoms with Gasteiger partial charge in [-0.25, -0.2) is 0 Å². The first-order valence-corrected chi connectivity index (χ1v) is 7.65. The summed E-state index contributed by atoms with van der Waals surface area (Å²) in [5.74, 6) is -1.32. The maximum atomic E-state index is 12.5. The fourth-order valence-electron chi connectivity index (χ4n) is 3.17. The van der Waals surface area contributed by atoms with Crippen molar-refractivity contribution in [1.82, 2.24) is 4.90 Å². The molecule has 0 spiro atoms. The molecule has 1 aliphatic heterocycles. The number of carboxylic acids is 1. The largest absolute Gasteiger partial charge is 0.481 e. The summed E-state index contributed by atoms with van der Waals surface area (Å²) >= 11 is 0. The molecule has 114 valence electrons. The van der Waals surface area contributed by atoms with Gasteiger partial charge in [-0.05, 0) is 18.4 Å². The molecule has 2 rings (SSSR count). The Morgan fingerprint density at radius 3 is 2.33 bits per heavy atom. The van der Waals surface area contributed by atoms with Crippen molar-refractivity contribution in [2.75, 3.05) is 13.1 Å². The van der Waals surface area contributed by atoms with E-state index in [1.54, 1.807) is 4.90 Å². The minimum atomic E-state index is -0.816. The van der Waals surface area contributed by atoms with Crippen molar-refractivity contribution in [3.05, 3.63) is 35.9 Å². The van der Waals surface area contributed by atoms with Gasteiger partial charge in [-0.1, -0.05) is 44.2 Å². The van der Waals surface area contributed by atoms with Crippen LogP contribution in [0.3, 0.4) is 0 Å². The molecule has 2 unspecified atom stereocenters. The molecule has 1 aromatic carbocycles. The normalized spacial score (nSPS) is 21.8. The van der Waals surface area contributed by atoms with Crippen molar-refractivity contribution < 1.29 is 14.7 Å². The Morgan fingerprint density at radius 2 is 1.81 bits per heavy atom. The van der Waals surface area contributed by atoms with Crippen LogP contribution in [0.25, 0.3) is 0 Å². The Hall–Kier alpha value is -1.84. The number of nitrogens with zero attached hydrogens (tertiary/aromatic N) is 1. The van der Waals surface area contributed by atoms with Crippen LogP contribution in [-0.2, 0) is 9.59 Å². The van der Waals surface area contributed by atoms with E-state index in [0.717, 1.165) is 18.4 Å². The van der Waals surface area contributed by atoms with E-state index in [0.29, 0.717) is 13.1 Å². The van der Waals surface area contributed by atoms with Crippen molar-refractivity contribution >= 4 is 11.9 Å². The molecule has 4 nitrogen and oxygen atoms in total. The van der Waals surface area contributed by atoms with Gasteiger partial charge in [0.1, 0.15) is 0 Å². The smallest absolute Gasteiger partial charge is 0.308 e. The number of aliphatic carboxylic acids is 1. The number of hydrogen-bond acceptors (Lipinski definition) is 2. The van der Waals surface area contributed by atoms with E-state index in [2.05, 4.69) is 0 Å². The second-order valence-electron chi connectivity index (χ2n) is 5.72. The second-order valence-corrected chi connectivity index (χ2v) is 5.72. The van der Waals surface area contributed by atoms with Gasteiger partial charge >= 0.3 is 5.97 Å². The predicted octanol–water partition coefficient (Wildman–Crippen LogP) is 2.75. The molecule has 0 aromatic heterocycles. The van der Waals surface area contributed by atoms with Crippen LogP contribution in [-0.4, -0.2) is 35.0 Å². The lowest BCUT2D eigenvalue weighted by Gasteiger charge is -2.21. The van der Waals surface area contributed by atoms with Crippen molar-refractivity contribution in [3.8, 4) is 0 Å². The molecule has 1 saturated heterocycles. The highest BCUT2D eigenvalue weighted by molar-refractivity contribution is 5.81. The average molecular weight is 289 g/mol. The summed E-state index contributed by atoms with van der Waals surface area (Å²) in [5.41, 5.74) is 1.00. The van der Waals surface area contributed by atoms with Gasteiger partial charge in [-0.2, -0.15) is 0 Å². The van der Waals surface area contributed by atoms with E-state index >= 15 is 0 Å². The van der Waals surface area contributed by atoms with E-state index < -0.39 is 11.9 Å². The Labute approximate surface area is 125 Å². The quantitative estimate of drug-likeness (QED) is 0.906. The molecule has 1 aromatic rings. The second kappa shape index (κ2) is 6.74. The molecule has 21 heavy (non-hydrogen) atoms. The third-order valence-corrected chi connectivity index (χ3v) is 4.51. The van der Waals surface area contributed by atoms with E-state index in [9.17, 15) is 14.7 Å². The number of hydrogen-bond donors (Lipinski definition) is 1. The van der Waals surface area contributed by atoms with Crippen molar-refractivity contribution in [2.24, 2.45) is 11.8 Å². The lowest BCUT2D eigenvalue weighted by molar-refractivity contribution is -0.142. The summed E-state index contributed by atoms with van der Waals surface area (Å²) in [4.78, 5) is 25.8. The van der Waals surface area contributed by atoms with Crippen molar-refractivity contribution in [1.29, 1.82) is 0 Å². The zero-order valence-corrected chi connectivity index (χ0v) is 12.7. The van der Waals surface area contributed by atoms with Crippen LogP contribution in [0.4, 0.5) is 0 Å². The molecular formula is C17H23NO3. The highest BCUT2D eigenvalue weighted by atomic mass is 16.4. The van der Waals surface area contributed by atoms with Crippen LogP contribution in [0.1, 0.15) is 38.2 Å². The van der Waals surface area contributed by atoms with Gasteiger partial charge in [-0.15, -0.1) is 0 Å². The maximum Gasteiger partial charge on any atom is 0.308 e.